The van der Waals surface area contributed by atoms with Crippen LogP contribution in [0, 0.1) is 13.8 Å². The number of hydrogen-bond acceptors (Lipinski definition) is 6. The van der Waals surface area contributed by atoms with Crippen molar-refractivity contribution in [3.05, 3.63) is 59.9 Å². The zero-order valence-corrected chi connectivity index (χ0v) is 14.0. The molecule has 1 N–H and O–H groups in total. The van der Waals surface area contributed by atoms with Gasteiger partial charge in [-0.15, -0.1) is 0 Å². The van der Waals surface area contributed by atoms with E-state index in [1.165, 1.54) is 0 Å². The molecule has 7 nitrogen and oxygen atoms in total. The van der Waals surface area contributed by atoms with Crippen LogP contribution in [0.3, 0.4) is 0 Å². The fraction of sp³-hybridized carbons (Fsp3) is 0.188. The highest BCUT2D eigenvalue weighted by molar-refractivity contribution is 7.89. The molecule has 0 spiro atoms. The number of rotatable bonds is 5. The van der Waals surface area contributed by atoms with Gasteiger partial charge >= 0.3 is 0 Å². The van der Waals surface area contributed by atoms with E-state index in [0.717, 1.165) is 16.8 Å². The summed E-state index contributed by atoms with van der Waals surface area (Å²) in [5.41, 5.74) is 2.81. The number of hydrogen-bond donors (Lipinski definition) is 1. The van der Waals surface area contributed by atoms with Crippen LogP contribution in [0.2, 0.25) is 0 Å². The first-order chi connectivity index (χ1) is 11.5. The average Bonchev–Trinajstić information content (AvgIpc) is 2.94. The molecule has 24 heavy (non-hydrogen) atoms. The molecule has 0 unspecified atom stereocenters. The van der Waals surface area contributed by atoms with Crippen LogP contribution in [0.1, 0.15) is 17.0 Å². The van der Waals surface area contributed by atoms with E-state index in [2.05, 4.69) is 19.8 Å². The molecule has 0 radical (unpaired) electrons. The lowest BCUT2D eigenvalue weighted by Crippen LogP contribution is -2.24. The summed E-state index contributed by atoms with van der Waals surface area (Å²) < 4.78 is 32.4. The predicted octanol–water partition coefficient (Wildman–Crippen LogP) is 2.23. The van der Waals surface area contributed by atoms with Gasteiger partial charge in [-0.1, -0.05) is 5.16 Å². The quantitative estimate of drug-likeness (QED) is 0.762. The maximum atomic E-state index is 12.4. The highest BCUT2D eigenvalue weighted by Crippen LogP contribution is 2.20. The second kappa shape index (κ2) is 6.50. The van der Waals surface area contributed by atoms with Gasteiger partial charge in [0, 0.05) is 30.7 Å². The molecule has 0 aliphatic carbocycles. The Hall–Kier alpha value is -2.58. The first kappa shape index (κ1) is 16.3. The molecule has 8 heteroatoms. The number of nitrogens with zero attached hydrogens (tertiary/aromatic N) is 3. The Morgan fingerprint density at radius 1 is 1.12 bits per heavy atom. The minimum atomic E-state index is -3.69. The maximum Gasteiger partial charge on any atom is 0.246 e. The minimum absolute atomic E-state index is 0.0888. The lowest BCUT2D eigenvalue weighted by molar-refractivity contribution is 0.390. The molecule has 0 atom stereocenters. The molecule has 3 heterocycles. The SMILES string of the molecule is Cc1noc(C)c1S(=O)(=O)NCc1ccnc(-c2ccncc2)c1. The van der Waals surface area contributed by atoms with Crippen molar-refractivity contribution >= 4 is 10.0 Å². The highest BCUT2D eigenvalue weighted by Gasteiger charge is 2.23. The zero-order chi connectivity index (χ0) is 17.2. The summed E-state index contributed by atoms with van der Waals surface area (Å²) in [4.78, 5) is 8.36. The smallest absolute Gasteiger partial charge is 0.246 e. The lowest BCUT2D eigenvalue weighted by atomic mass is 10.1. The Balaban J connectivity index is 1.80. The first-order valence-electron chi connectivity index (χ1n) is 7.25. The predicted molar refractivity (Wildman–Crippen MR) is 87.5 cm³/mol. The van der Waals surface area contributed by atoms with Gasteiger partial charge in [0.15, 0.2) is 5.76 Å². The van der Waals surface area contributed by atoms with Crippen molar-refractivity contribution < 1.29 is 12.9 Å². The molecule has 3 rings (SSSR count). The minimum Gasteiger partial charge on any atom is -0.360 e. The molecule has 0 aliphatic rings. The van der Waals surface area contributed by atoms with Crippen molar-refractivity contribution in [2.45, 2.75) is 25.3 Å². The Morgan fingerprint density at radius 3 is 2.54 bits per heavy atom. The zero-order valence-electron chi connectivity index (χ0n) is 13.2. The Bertz CT molecular complexity index is 933. The van der Waals surface area contributed by atoms with Gasteiger partial charge in [0.2, 0.25) is 10.0 Å². The molecule has 0 saturated carbocycles. The van der Waals surface area contributed by atoms with Crippen LogP contribution in [-0.4, -0.2) is 23.5 Å². The topological polar surface area (TPSA) is 98.0 Å². The standard InChI is InChI=1S/C16H16N4O3S/c1-11-16(12(2)23-20-11)24(21,22)19-10-13-3-8-18-15(9-13)14-4-6-17-7-5-14/h3-9,19H,10H2,1-2H3. The van der Waals surface area contributed by atoms with Crippen molar-refractivity contribution in [2.75, 3.05) is 0 Å². The number of pyridine rings is 2. The van der Waals surface area contributed by atoms with Crippen LogP contribution >= 0.6 is 0 Å². The van der Waals surface area contributed by atoms with Crippen LogP contribution in [0.25, 0.3) is 11.3 Å². The van der Waals surface area contributed by atoms with E-state index in [1.54, 1.807) is 38.5 Å². The van der Waals surface area contributed by atoms with E-state index in [1.807, 2.05) is 18.2 Å². The number of sulfonamides is 1. The highest BCUT2D eigenvalue weighted by atomic mass is 32.2. The largest absolute Gasteiger partial charge is 0.360 e. The number of nitrogens with one attached hydrogen (secondary N) is 1. The second-order valence-electron chi connectivity index (χ2n) is 5.26. The van der Waals surface area contributed by atoms with E-state index in [4.69, 9.17) is 4.52 Å². The monoisotopic (exact) mass is 344 g/mol. The van der Waals surface area contributed by atoms with Crippen molar-refractivity contribution in [3.8, 4) is 11.3 Å². The van der Waals surface area contributed by atoms with Gasteiger partial charge in [-0.3, -0.25) is 9.97 Å². The van der Waals surface area contributed by atoms with Gasteiger partial charge in [-0.2, -0.15) is 0 Å². The van der Waals surface area contributed by atoms with Crippen LogP contribution in [-0.2, 0) is 16.6 Å². The Labute approximate surface area is 139 Å². The van der Waals surface area contributed by atoms with Crippen LogP contribution in [0.5, 0.6) is 0 Å². The van der Waals surface area contributed by atoms with Gasteiger partial charge in [-0.05, 0) is 43.7 Å². The normalized spacial score (nSPS) is 11.6. The second-order valence-corrected chi connectivity index (χ2v) is 6.97. The number of aryl methyl sites for hydroxylation is 2. The molecule has 3 aromatic rings. The molecule has 0 aromatic carbocycles. The van der Waals surface area contributed by atoms with Crippen molar-refractivity contribution in [2.24, 2.45) is 0 Å². The molecule has 0 bridgehead atoms. The summed E-state index contributed by atoms with van der Waals surface area (Å²) in [5.74, 6) is 0.271. The summed E-state index contributed by atoms with van der Waals surface area (Å²) in [6.45, 7) is 3.31. The molecule has 0 amide bonds. The van der Waals surface area contributed by atoms with Crippen molar-refractivity contribution in [3.63, 3.8) is 0 Å². The van der Waals surface area contributed by atoms with E-state index in [0.29, 0.717) is 5.69 Å². The first-order valence-corrected chi connectivity index (χ1v) is 8.73. The lowest BCUT2D eigenvalue weighted by Gasteiger charge is -2.07. The van der Waals surface area contributed by atoms with Crippen molar-refractivity contribution in [1.82, 2.24) is 19.8 Å². The van der Waals surface area contributed by atoms with Gasteiger partial charge in [0.1, 0.15) is 10.6 Å². The molecule has 0 aliphatic heterocycles. The van der Waals surface area contributed by atoms with Crippen LogP contribution in [0.15, 0.2) is 52.3 Å². The van der Waals surface area contributed by atoms with Gasteiger partial charge < -0.3 is 4.52 Å². The number of aromatic nitrogens is 3. The molecule has 124 valence electrons. The summed E-state index contributed by atoms with van der Waals surface area (Å²) in [7, 11) is -3.69. The summed E-state index contributed by atoms with van der Waals surface area (Å²) in [5, 5.41) is 3.68. The average molecular weight is 344 g/mol. The van der Waals surface area contributed by atoms with Gasteiger partial charge in [-0.25, -0.2) is 13.1 Å². The third-order valence-electron chi connectivity index (χ3n) is 3.50. The Kier molecular flexibility index (Phi) is 4.41. The molecule has 0 fully saturated rings. The molecule has 0 saturated heterocycles. The Morgan fingerprint density at radius 2 is 1.88 bits per heavy atom. The van der Waals surface area contributed by atoms with E-state index >= 15 is 0 Å². The summed E-state index contributed by atoms with van der Waals surface area (Å²) in [6.07, 6.45) is 5.02. The van der Waals surface area contributed by atoms with Crippen molar-refractivity contribution in [1.29, 1.82) is 0 Å². The van der Waals surface area contributed by atoms with E-state index < -0.39 is 10.0 Å². The molecule has 3 aromatic heterocycles. The summed E-state index contributed by atoms with van der Waals surface area (Å²) >= 11 is 0. The molecular formula is C16H16N4O3S. The molecular weight excluding hydrogens is 328 g/mol. The van der Waals surface area contributed by atoms with E-state index in [9.17, 15) is 8.42 Å². The fourth-order valence-electron chi connectivity index (χ4n) is 2.37. The summed E-state index contributed by atoms with van der Waals surface area (Å²) in [6, 6.07) is 7.30. The van der Waals surface area contributed by atoms with Crippen LogP contribution < -0.4 is 4.72 Å². The third-order valence-corrected chi connectivity index (χ3v) is 5.15. The van der Waals surface area contributed by atoms with Gasteiger partial charge in [0.25, 0.3) is 0 Å². The third kappa shape index (κ3) is 3.34. The van der Waals surface area contributed by atoms with Crippen LogP contribution in [0.4, 0.5) is 0 Å². The fourth-order valence-corrected chi connectivity index (χ4v) is 3.72. The maximum absolute atomic E-state index is 12.4. The van der Waals surface area contributed by atoms with Gasteiger partial charge in [0.05, 0.1) is 5.69 Å². The van der Waals surface area contributed by atoms with E-state index in [-0.39, 0.29) is 17.2 Å².